The number of nitrogens with zero attached hydrogens (tertiary/aromatic N) is 2. The predicted molar refractivity (Wildman–Crippen MR) is 125 cm³/mol. The lowest BCUT2D eigenvalue weighted by molar-refractivity contribution is 0.0698. The van der Waals surface area contributed by atoms with Crippen molar-refractivity contribution in [3.63, 3.8) is 0 Å². The molecule has 0 aliphatic carbocycles. The van der Waals surface area contributed by atoms with E-state index in [1.165, 1.54) is 6.07 Å². The molecule has 5 rings (SSSR count). The number of amides is 2. The Labute approximate surface area is 192 Å². The number of rotatable bonds is 3. The van der Waals surface area contributed by atoms with Gasteiger partial charge in [-0.25, -0.2) is 9.78 Å². The van der Waals surface area contributed by atoms with Gasteiger partial charge in [-0.3, -0.25) is 24.3 Å². The zero-order chi connectivity index (χ0) is 24.3. The number of benzene rings is 2. The molecule has 34 heavy (non-hydrogen) atoms. The summed E-state index contributed by atoms with van der Waals surface area (Å²) in [5.74, 6) is -2.58. The summed E-state index contributed by atoms with van der Waals surface area (Å²) in [7, 11) is 0. The van der Waals surface area contributed by atoms with Crippen LogP contribution in [0.1, 0.15) is 42.2 Å². The summed E-state index contributed by atoms with van der Waals surface area (Å²) in [5.41, 5.74) is 9.18. The molecule has 0 fully saturated rings. The Morgan fingerprint density at radius 1 is 1.03 bits per heavy atom. The van der Waals surface area contributed by atoms with Crippen LogP contribution in [0.25, 0.3) is 27.8 Å². The lowest BCUT2D eigenvalue weighted by atomic mass is 9.99. The van der Waals surface area contributed by atoms with Crippen molar-refractivity contribution in [1.29, 1.82) is 0 Å². The second-order valence-electron chi connectivity index (χ2n) is 8.16. The molecular formula is C25H18N4O5. The monoisotopic (exact) mass is 454 g/mol. The smallest absolute Gasteiger partial charge is 0.336 e. The molecule has 2 aromatic heterocycles. The summed E-state index contributed by atoms with van der Waals surface area (Å²) in [6.45, 7) is 3.76. The number of imide groups is 1. The fraction of sp³-hybridized carbons (Fsp3) is 0.0800. The Hall–Kier alpha value is -4.79. The first kappa shape index (κ1) is 21.1. The highest BCUT2D eigenvalue weighted by Gasteiger charge is 2.31. The van der Waals surface area contributed by atoms with Crippen molar-refractivity contribution in [3.8, 4) is 16.9 Å². The van der Waals surface area contributed by atoms with Crippen molar-refractivity contribution >= 4 is 34.5 Å². The van der Waals surface area contributed by atoms with Crippen molar-refractivity contribution in [2.24, 2.45) is 0 Å². The van der Waals surface area contributed by atoms with E-state index in [9.17, 15) is 24.3 Å². The molecular weight excluding hydrogens is 436 g/mol. The van der Waals surface area contributed by atoms with Gasteiger partial charge in [-0.05, 0) is 43.7 Å². The van der Waals surface area contributed by atoms with E-state index in [1.54, 1.807) is 30.3 Å². The highest BCUT2D eigenvalue weighted by atomic mass is 16.4. The molecule has 0 bridgehead atoms. The lowest BCUT2D eigenvalue weighted by Crippen LogP contribution is -2.24. The SMILES string of the molecule is Cc1cc(C)c2nc(-c3cccc(-n4c(N)c5c(cc4=O)C(=O)NC5=O)c3)cc(C(=O)O)c2c1. The van der Waals surface area contributed by atoms with E-state index >= 15 is 0 Å². The Morgan fingerprint density at radius 3 is 2.53 bits per heavy atom. The first-order chi connectivity index (χ1) is 16.2. The number of nitrogens with two attached hydrogens (primary N) is 1. The van der Waals surface area contributed by atoms with E-state index < -0.39 is 23.3 Å². The number of carboxylic acid groups (broad SMARTS) is 1. The standard InChI is InChI=1S/C25H18N4O5/c1-11-6-12(2)21-15(7-11)16(25(33)34)9-18(27-21)13-4-3-5-14(8-13)29-19(30)10-17-20(22(29)26)24(32)28-23(17)31/h3-10H,26H2,1-2H3,(H,33,34)(H,28,31,32). The van der Waals surface area contributed by atoms with Crippen LogP contribution in [0.4, 0.5) is 5.82 Å². The normalized spacial score (nSPS) is 12.6. The maximum absolute atomic E-state index is 12.8. The van der Waals surface area contributed by atoms with Gasteiger partial charge < -0.3 is 10.8 Å². The minimum Gasteiger partial charge on any atom is -0.478 e. The zero-order valence-electron chi connectivity index (χ0n) is 18.2. The van der Waals surface area contributed by atoms with Gasteiger partial charge in [0.05, 0.1) is 33.6 Å². The number of fused-ring (bicyclic) bond motifs is 2. The third kappa shape index (κ3) is 3.14. The number of aromatic nitrogens is 2. The molecule has 0 atom stereocenters. The fourth-order valence-electron chi connectivity index (χ4n) is 4.36. The van der Waals surface area contributed by atoms with Crippen molar-refractivity contribution < 1.29 is 19.5 Å². The number of carbonyl (C=O) groups excluding carboxylic acids is 2. The van der Waals surface area contributed by atoms with Gasteiger partial charge in [0.2, 0.25) is 0 Å². The average Bonchev–Trinajstić information content (AvgIpc) is 3.06. The van der Waals surface area contributed by atoms with Crippen LogP contribution in [0.2, 0.25) is 0 Å². The Balaban J connectivity index is 1.73. The predicted octanol–water partition coefficient (Wildman–Crippen LogP) is 2.83. The number of nitrogens with one attached hydrogen (secondary N) is 1. The van der Waals surface area contributed by atoms with E-state index in [-0.39, 0.29) is 22.5 Å². The summed E-state index contributed by atoms with van der Waals surface area (Å²) in [6.07, 6.45) is 0. The quantitative estimate of drug-likeness (QED) is 0.404. The topological polar surface area (TPSA) is 144 Å². The first-order valence-corrected chi connectivity index (χ1v) is 10.3. The highest BCUT2D eigenvalue weighted by Crippen LogP contribution is 2.30. The number of hydrogen-bond acceptors (Lipinski definition) is 6. The maximum atomic E-state index is 12.8. The van der Waals surface area contributed by atoms with Crippen molar-refractivity contribution in [1.82, 2.24) is 14.9 Å². The van der Waals surface area contributed by atoms with Crippen molar-refractivity contribution in [2.45, 2.75) is 13.8 Å². The van der Waals surface area contributed by atoms with Gasteiger partial charge in [-0.2, -0.15) is 0 Å². The molecule has 0 saturated heterocycles. The summed E-state index contributed by atoms with van der Waals surface area (Å²) >= 11 is 0. The number of aromatic carboxylic acids is 1. The third-order valence-corrected chi connectivity index (χ3v) is 5.83. The number of nitrogen functional groups attached to an aromatic ring is 1. The number of aryl methyl sites for hydroxylation is 2. The molecule has 168 valence electrons. The first-order valence-electron chi connectivity index (χ1n) is 10.3. The average molecular weight is 454 g/mol. The number of anilines is 1. The van der Waals surface area contributed by atoms with Gasteiger partial charge >= 0.3 is 5.97 Å². The third-order valence-electron chi connectivity index (χ3n) is 5.83. The van der Waals surface area contributed by atoms with Crippen LogP contribution < -0.4 is 16.6 Å². The molecule has 4 N–H and O–H groups in total. The van der Waals surface area contributed by atoms with Gasteiger partial charge in [0, 0.05) is 17.0 Å². The Kier molecular flexibility index (Phi) is 4.57. The number of carbonyl (C=O) groups is 3. The van der Waals surface area contributed by atoms with E-state index in [2.05, 4.69) is 5.32 Å². The molecule has 3 heterocycles. The maximum Gasteiger partial charge on any atom is 0.336 e. The summed E-state index contributed by atoms with van der Waals surface area (Å²) in [6, 6.07) is 12.9. The molecule has 0 radical (unpaired) electrons. The van der Waals surface area contributed by atoms with Gasteiger partial charge in [-0.15, -0.1) is 0 Å². The van der Waals surface area contributed by atoms with Crippen LogP contribution in [-0.2, 0) is 0 Å². The van der Waals surface area contributed by atoms with E-state index in [0.717, 1.165) is 21.8 Å². The number of hydrogen-bond donors (Lipinski definition) is 3. The molecule has 4 aromatic rings. The van der Waals surface area contributed by atoms with E-state index in [0.29, 0.717) is 27.8 Å². The number of carboxylic acids is 1. The van der Waals surface area contributed by atoms with Gasteiger partial charge in [-0.1, -0.05) is 23.8 Å². The molecule has 2 amide bonds. The van der Waals surface area contributed by atoms with Gasteiger partial charge in [0.25, 0.3) is 17.4 Å². The van der Waals surface area contributed by atoms with Gasteiger partial charge in [0.15, 0.2) is 0 Å². The van der Waals surface area contributed by atoms with Crippen LogP contribution in [0.3, 0.4) is 0 Å². The molecule has 1 aliphatic rings. The van der Waals surface area contributed by atoms with Crippen LogP contribution in [-0.4, -0.2) is 32.4 Å². The molecule has 9 heteroatoms. The van der Waals surface area contributed by atoms with Crippen molar-refractivity contribution in [2.75, 3.05) is 5.73 Å². The van der Waals surface area contributed by atoms with Crippen LogP contribution >= 0.6 is 0 Å². The number of pyridine rings is 2. The summed E-state index contributed by atoms with van der Waals surface area (Å²) in [4.78, 5) is 53.6. The second kappa shape index (κ2) is 7.38. The largest absolute Gasteiger partial charge is 0.478 e. The molecule has 0 saturated carbocycles. The minimum atomic E-state index is -1.08. The van der Waals surface area contributed by atoms with Crippen LogP contribution in [0.5, 0.6) is 0 Å². The van der Waals surface area contributed by atoms with Gasteiger partial charge in [0.1, 0.15) is 5.82 Å². The molecule has 1 aliphatic heterocycles. The zero-order valence-corrected chi connectivity index (χ0v) is 18.2. The van der Waals surface area contributed by atoms with Crippen LogP contribution in [0.15, 0.2) is 53.3 Å². The highest BCUT2D eigenvalue weighted by molar-refractivity contribution is 6.23. The minimum absolute atomic E-state index is 0.0574. The molecule has 0 unspecified atom stereocenters. The molecule has 9 nitrogen and oxygen atoms in total. The summed E-state index contributed by atoms with van der Waals surface area (Å²) < 4.78 is 1.13. The fourth-order valence-corrected chi connectivity index (χ4v) is 4.36. The Morgan fingerprint density at radius 2 is 1.79 bits per heavy atom. The summed E-state index contributed by atoms with van der Waals surface area (Å²) in [5, 5.41) is 12.5. The van der Waals surface area contributed by atoms with E-state index in [1.807, 2.05) is 19.9 Å². The van der Waals surface area contributed by atoms with Crippen LogP contribution in [0, 0.1) is 13.8 Å². The molecule has 0 spiro atoms. The lowest BCUT2D eigenvalue weighted by Gasteiger charge is -2.14. The molecule has 2 aromatic carbocycles. The van der Waals surface area contributed by atoms with E-state index in [4.69, 9.17) is 10.7 Å². The Bertz CT molecular complexity index is 1650. The van der Waals surface area contributed by atoms with Crippen molar-refractivity contribution in [3.05, 3.63) is 86.7 Å². The second-order valence-corrected chi connectivity index (χ2v) is 8.16.